The summed E-state index contributed by atoms with van der Waals surface area (Å²) >= 11 is 6.25. The maximum absolute atomic E-state index is 12.8. The van der Waals surface area contributed by atoms with Crippen LogP contribution in [-0.2, 0) is 5.54 Å². The lowest BCUT2D eigenvalue weighted by atomic mass is 9.78. The van der Waals surface area contributed by atoms with Gasteiger partial charge in [-0.25, -0.2) is 0 Å². The molecule has 1 fully saturated rings. The monoisotopic (exact) mass is 416 g/mol. The van der Waals surface area contributed by atoms with Crippen LogP contribution in [0.1, 0.15) is 12.0 Å². The normalized spacial score (nSPS) is 22.8. The molecule has 3 aromatic rings. The number of rotatable bonds is 2. The number of phenolic OH excluding ortho intramolecular Hbond substituents is 2. The summed E-state index contributed by atoms with van der Waals surface area (Å²) < 4.78 is 5.99. The molecule has 0 bridgehead atoms. The van der Waals surface area contributed by atoms with Crippen LogP contribution < -0.4 is 11.2 Å². The van der Waals surface area contributed by atoms with Gasteiger partial charge in [0.05, 0.1) is 22.2 Å². The quantitative estimate of drug-likeness (QED) is 0.506. The topological polar surface area (TPSA) is 120 Å². The Balaban J connectivity index is 2.05. The van der Waals surface area contributed by atoms with Gasteiger partial charge in [-0.1, -0.05) is 23.7 Å². The van der Waals surface area contributed by atoms with Gasteiger partial charge in [0.1, 0.15) is 22.6 Å². The maximum Gasteiger partial charge on any atom is 0.197 e. The molecular formula is C21H21ClN2O5. The van der Waals surface area contributed by atoms with E-state index < -0.39 is 22.8 Å². The van der Waals surface area contributed by atoms with E-state index in [-0.39, 0.29) is 34.6 Å². The van der Waals surface area contributed by atoms with Gasteiger partial charge in [-0.3, -0.25) is 4.79 Å². The molecular weight excluding hydrogens is 396 g/mol. The Bertz CT molecular complexity index is 1160. The Labute approximate surface area is 171 Å². The minimum absolute atomic E-state index is 0.0592. The Hall–Kier alpha value is -2.58. The number of fused-ring (bicyclic) bond motifs is 1. The van der Waals surface area contributed by atoms with E-state index in [1.807, 2.05) is 11.9 Å². The lowest BCUT2D eigenvalue weighted by molar-refractivity contribution is 0.0101. The number of β-amino-alcohol motifs (C(OH)–C–C–N with tert-alkyl or cyclic N) is 1. The highest BCUT2D eigenvalue weighted by atomic mass is 35.5. The fourth-order valence-electron chi connectivity index (χ4n) is 3.93. The van der Waals surface area contributed by atoms with Gasteiger partial charge in [0.2, 0.25) is 0 Å². The summed E-state index contributed by atoms with van der Waals surface area (Å²) in [5.74, 6) is -0.599. The number of piperidine rings is 1. The first-order valence-corrected chi connectivity index (χ1v) is 9.54. The second-order valence-corrected chi connectivity index (χ2v) is 7.92. The van der Waals surface area contributed by atoms with Gasteiger partial charge in [-0.2, -0.15) is 0 Å². The molecule has 5 N–H and O–H groups in total. The second-order valence-electron chi connectivity index (χ2n) is 7.52. The molecule has 0 spiro atoms. The van der Waals surface area contributed by atoms with Crippen LogP contribution in [0, 0.1) is 0 Å². The molecule has 1 aliphatic heterocycles. The second kappa shape index (κ2) is 7.03. The molecule has 8 heteroatoms. The summed E-state index contributed by atoms with van der Waals surface area (Å²) in [6.07, 6.45) is -0.702. The van der Waals surface area contributed by atoms with Crippen molar-refractivity contribution in [1.29, 1.82) is 0 Å². The molecule has 0 unspecified atom stereocenters. The summed E-state index contributed by atoms with van der Waals surface area (Å²) in [5.41, 5.74) is 5.21. The van der Waals surface area contributed by atoms with Crippen LogP contribution in [0.4, 0.5) is 0 Å². The summed E-state index contributed by atoms with van der Waals surface area (Å²) in [7, 11) is 1.85. The van der Waals surface area contributed by atoms with E-state index >= 15 is 0 Å². The molecule has 0 saturated carbocycles. The Morgan fingerprint density at radius 3 is 2.66 bits per heavy atom. The van der Waals surface area contributed by atoms with Crippen LogP contribution in [-0.4, -0.2) is 46.5 Å². The number of likely N-dealkylation sites (N-methyl/N-ethyl adjacent to an activating group) is 1. The van der Waals surface area contributed by atoms with Crippen LogP contribution in [0.15, 0.2) is 45.6 Å². The number of nitrogens with two attached hydrogens (primary N) is 1. The number of hydrogen-bond acceptors (Lipinski definition) is 7. The lowest BCUT2D eigenvalue weighted by Gasteiger charge is -2.42. The number of nitrogens with zero attached hydrogens (tertiary/aromatic N) is 1. The van der Waals surface area contributed by atoms with Crippen molar-refractivity contribution in [3.8, 4) is 22.8 Å². The molecule has 1 aliphatic rings. The van der Waals surface area contributed by atoms with Gasteiger partial charge in [0.25, 0.3) is 0 Å². The number of aromatic hydroxyl groups is 2. The van der Waals surface area contributed by atoms with Crippen molar-refractivity contribution in [1.82, 2.24) is 4.90 Å². The van der Waals surface area contributed by atoms with Gasteiger partial charge < -0.3 is 30.4 Å². The fourth-order valence-corrected chi connectivity index (χ4v) is 4.16. The first-order valence-electron chi connectivity index (χ1n) is 9.16. The molecule has 152 valence electrons. The van der Waals surface area contributed by atoms with Gasteiger partial charge in [-0.15, -0.1) is 0 Å². The summed E-state index contributed by atoms with van der Waals surface area (Å²) in [5, 5.41) is 31.9. The molecule has 2 aromatic carbocycles. The summed E-state index contributed by atoms with van der Waals surface area (Å²) in [6.45, 7) is 0.858. The van der Waals surface area contributed by atoms with Gasteiger partial charge >= 0.3 is 0 Å². The minimum Gasteiger partial charge on any atom is -0.507 e. The first kappa shape index (κ1) is 19.7. The highest BCUT2D eigenvalue weighted by Crippen LogP contribution is 2.44. The highest BCUT2D eigenvalue weighted by Gasteiger charge is 2.44. The van der Waals surface area contributed by atoms with E-state index in [4.69, 9.17) is 21.8 Å². The molecule has 0 aliphatic carbocycles. The third kappa shape index (κ3) is 3.16. The van der Waals surface area contributed by atoms with E-state index in [0.717, 1.165) is 6.07 Å². The SMILES string of the molecule is CN1CC[C@](N)(c2c(O)cc(O)c3c(=O)cc(-c4ccccc4Cl)oc23)[C@H](O)C1. The Morgan fingerprint density at radius 2 is 1.97 bits per heavy atom. The zero-order valence-electron chi connectivity index (χ0n) is 15.7. The molecule has 2 heterocycles. The Morgan fingerprint density at radius 1 is 1.24 bits per heavy atom. The number of aliphatic hydroxyl groups is 1. The van der Waals surface area contributed by atoms with Crippen molar-refractivity contribution in [3.05, 3.63) is 57.2 Å². The van der Waals surface area contributed by atoms with Crippen LogP contribution in [0.25, 0.3) is 22.3 Å². The predicted octanol–water partition coefficient (Wildman–Crippen LogP) is 2.38. The molecule has 1 aromatic heterocycles. The van der Waals surface area contributed by atoms with Crippen LogP contribution in [0.2, 0.25) is 5.02 Å². The zero-order valence-corrected chi connectivity index (χ0v) is 16.5. The van der Waals surface area contributed by atoms with E-state index in [1.54, 1.807) is 24.3 Å². The van der Waals surface area contributed by atoms with Gasteiger partial charge in [-0.05, 0) is 25.6 Å². The van der Waals surface area contributed by atoms with Crippen LogP contribution >= 0.6 is 11.6 Å². The lowest BCUT2D eigenvalue weighted by Crippen LogP contribution is -2.57. The molecule has 2 atom stereocenters. The fraction of sp³-hybridized carbons (Fsp3) is 0.286. The molecule has 1 saturated heterocycles. The predicted molar refractivity (Wildman–Crippen MR) is 110 cm³/mol. The number of phenols is 2. The smallest absolute Gasteiger partial charge is 0.197 e. The van der Waals surface area contributed by atoms with E-state index in [1.165, 1.54) is 6.07 Å². The highest BCUT2D eigenvalue weighted by molar-refractivity contribution is 6.33. The largest absolute Gasteiger partial charge is 0.507 e. The van der Waals surface area contributed by atoms with Crippen LogP contribution in [0.3, 0.4) is 0 Å². The number of halogens is 1. The third-order valence-corrected chi connectivity index (χ3v) is 5.88. The van der Waals surface area contributed by atoms with Crippen molar-refractivity contribution in [3.63, 3.8) is 0 Å². The van der Waals surface area contributed by atoms with E-state index in [2.05, 4.69) is 0 Å². The average Bonchev–Trinajstić information content (AvgIpc) is 2.65. The van der Waals surface area contributed by atoms with Crippen molar-refractivity contribution < 1.29 is 19.7 Å². The molecule has 0 radical (unpaired) electrons. The average molecular weight is 417 g/mol. The summed E-state index contributed by atoms with van der Waals surface area (Å²) in [4.78, 5) is 14.8. The van der Waals surface area contributed by atoms with Crippen LogP contribution in [0.5, 0.6) is 11.5 Å². The van der Waals surface area contributed by atoms with E-state index in [9.17, 15) is 20.1 Å². The third-order valence-electron chi connectivity index (χ3n) is 5.55. The summed E-state index contributed by atoms with van der Waals surface area (Å²) in [6, 6.07) is 9.14. The molecule has 7 nitrogen and oxygen atoms in total. The number of likely N-dealkylation sites (tertiary alicyclic amines) is 1. The number of aliphatic hydroxyl groups excluding tert-OH is 1. The van der Waals surface area contributed by atoms with Crippen molar-refractivity contribution in [2.75, 3.05) is 20.1 Å². The molecule has 29 heavy (non-hydrogen) atoms. The van der Waals surface area contributed by atoms with E-state index in [0.29, 0.717) is 23.6 Å². The van der Waals surface area contributed by atoms with Crippen molar-refractivity contribution >= 4 is 22.6 Å². The maximum atomic E-state index is 12.8. The van der Waals surface area contributed by atoms with Gasteiger partial charge in [0.15, 0.2) is 11.0 Å². The standard InChI is InChI=1S/C21H21ClN2O5/c1-24-7-6-21(23,17(28)10-24)19-15(27)8-13(25)18-14(26)9-16(29-20(18)19)11-4-2-3-5-12(11)22/h2-5,8-9,17,25,27-28H,6-7,10,23H2,1H3/t17-,21-/m1/s1. The molecule has 4 rings (SSSR count). The minimum atomic E-state index is -1.36. The zero-order chi connectivity index (χ0) is 20.9. The number of hydrogen-bond donors (Lipinski definition) is 4. The molecule has 0 amide bonds. The first-order chi connectivity index (χ1) is 13.7. The Kier molecular flexibility index (Phi) is 4.78. The van der Waals surface area contributed by atoms with Gasteiger partial charge in [0, 0.05) is 30.8 Å². The van der Waals surface area contributed by atoms with Crippen molar-refractivity contribution in [2.45, 2.75) is 18.1 Å². The van der Waals surface area contributed by atoms with Crippen molar-refractivity contribution in [2.24, 2.45) is 5.73 Å². The number of benzene rings is 2.